The highest BCUT2D eigenvalue weighted by molar-refractivity contribution is 6.30. The predicted molar refractivity (Wildman–Crippen MR) is 77.2 cm³/mol. The maximum absolute atomic E-state index is 13.4. The molecule has 1 unspecified atom stereocenters. The number of aliphatic hydroxyl groups is 1. The first-order chi connectivity index (χ1) is 9.60. The zero-order valence-electron chi connectivity index (χ0n) is 11.1. The van der Waals surface area contributed by atoms with Gasteiger partial charge in [-0.2, -0.15) is 0 Å². The smallest absolute Gasteiger partial charge is 0.142 e. The molecule has 0 spiro atoms. The zero-order valence-corrected chi connectivity index (χ0v) is 11.9. The molecule has 0 heterocycles. The van der Waals surface area contributed by atoms with Gasteiger partial charge in [-0.3, -0.25) is 0 Å². The van der Waals surface area contributed by atoms with Gasteiger partial charge in [-0.1, -0.05) is 41.9 Å². The number of benzene rings is 2. The molecule has 1 N–H and O–H groups in total. The molecule has 0 amide bonds. The Labute approximate surface area is 122 Å². The minimum atomic E-state index is -0.688. The lowest BCUT2D eigenvalue weighted by Gasteiger charge is -2.13. The van der Waals surface area contributed by atoms with Crippen molar-refractivity contribution in [2.24, 2.45) is 0 Å². The Morgan fingerprint density at radius 1 is 1.20 bits per heavy atom. The van der Waals surface area contributed by atoms with Crippen molar-refractivity contribution in [1.29, 1.82) is 0 Å². The summed E-state index contributed by atoms with van der Waals surface area (Å²) in [7, 11) is 1.62. The summed E-state index contributed by atoms with van der Waals surface area (Å²) >= 11 is 5.64. The number of ether oxygens (including phenoxy) is 1. The van der Waals surface area contributed by atoms with Crippen LogP contribution in [0.2, 0.25) is 5.02 Å². The van der Waals surface area contributed by atoms with Gasteiger partial charge in [0, 0.05) is 13.5 Å². The fourth-order valence-corrected chi connectivity index (χ4v) is 2.18. The van der Waals surface area contributed by atoms with Crippen LogP contribution in [0, 0.1) is 5.82 Å². The Bertz CT molecular complexity index is 586. The molecule has 0 bridgehead atoms. The molecule has 4 heteroatoms. The molecule has 1 atom stereocenters. The minimum Gasteiger partial charge on any atom is -0.388 e. The largest absolute Gasteiger partial charge is 0.388 e. The molecule has 0 aromatic heterocycles. The van der Waals surface area contributed by atoms with Crippen LogP contribution in [0.25, 0.3) is 0 Å². The average molecular weight is 295 g/mol. The van der Waals surface area contributed by atoms with E-state index in [1.165, 1.54) is 12.1 Å². The van der Waals surface area contributed by atoms with E-state index in [0.29, 0.717) is 18.6 Å². The molecular formula is C16H16ClFO2. The highest BCUT2D eigenvalue weighted by atomic mass is 35.5. The molecule has 0 saturated carbocycles. The second-order valence-electron chi connectivity index (χ2n) is 4.65. The summed E-state index contributed by atoms with van der Waals surface area (Å²) in [5.74, 6) is -0.468. The Kier molecular flexibility index (Phi) is 5.12. The SMILES string of the molecule is COCc1cccc(C(O)Cc2ccc(Cl)c(F)c2)c1. The predicted octanol–water partition coefficient (Wildman–Crippen LogP) is 3.90. The van der Waals surface area contributed by atoms with E-state index in [4.69, 9.17) is 16.3 Å². The molecule has 0 fully saturated rings. The number of methoxy groups -OCH3 is 1. The molecule has 2 aromatic carbocycles. The lowest BCUT2D eigenvalue weighted by atomic mass is 10.00. The molecule has 2 aromatic rings. The minimum absolute atomic E-state index is 0.0883. The van der Waals surface area contributed by atoms with Crippen molar-refractivity contribution in [3.05, 3.63) is 70.0 Å². The second kappa shape index (κ2) is 6.84. The van der Waals surface area contributed by atoms with E-state index in [-0.39, 0.29) is 5.02 Å². The third-order valence-electron chi connectivity index (χ3n) is 3.06. The number of aliphatic hydroxyl groups excluding tert-OH is 1. The van der Waals surface area contributed by atoms with Crippen molar-refractivity contribution in [3.63, 3.8) is 0 Å². The van der Waals surface area contributed by atoms with Crippen molar-refractivity contribution in [2.75, 3.05) is 7.11 Å². The van der Waals surface area contributed by atoms with Crippen molar-refractivity contribution in [1.82, 2.24) is 0 Å². The van der Waals surface area contributed by atoms with Gasteiger partial charge in [0.05, 0.1) is 17.7 Å². The number of hydrogen-bond acceptors (Lipinski definition) is 2. The highest BCUT2D eigenvalue weighted by Crippen LogP contribution is 2.22. The number of rotatable bonds is 5. The summed E-state index contributed by atoms with van der Waals surface area (Å²) in [5.41, 5.74) is 2.48. The Balaban J connectivity index is 2.12. The van der Waals surface area contributed by atoms with Gasteiger partial charge in [0.25, 0.3) is 0 Å². The zero-order chi connectivity index (χ0) is 14.5. The van der Waals surface area contributed by atoms with E-state index >= 15 is 0 Å². The van der Waals surface area contributed by atoms with Crippen molar-refractivity contribution in [2.45, 2.75) is 19.1 Å². The van der Waals surface area contributed by atoms with Gasteiger partial charge in [0.2, 0.25) is 0 Å². The third-order valence-corrected chi connectivity index (χ3v) is 3.37. The van der Waals surface area contributed by atoms with E-state index in [1.54, 1.807) is 13.2 Å². The normalized spacial score (nSPS) is 12.4. The van der Waals surface area contributed by atoms with Crippen LogP contribution in [0.4, 0.5) is 4.39 Å². The van der Waals surface area contributed by atoms with Gasteiger partial charge in [-0.05, 0) is 28.8 Å². The van der Waals surface area contributed by atoms with Crippen LogP contribution in [0.15, 0.2) is 42.5 Å². The monoisotopic (exact) mass is 294 g/mol. The quantitative estimate of drug-likeness (QED) is 0.906. The molecule has 2 rings (SSSR count). The van der Waals surface area contributed by atoms with Gasteiger partial charge < -0.3 is 9.84 Å². The fourth-order valence-electron chi connectivity index (χ4n) is 2.06. The van der Waals surface area contributed by atoms with Gasteiger partial charge >= 0.3 is 0 Å². The fraction of sp³-hybridized carbons (Fsp3) is 0.250. The highest BCUT2D eigenvalue weighted by Gasteiger charge is 2.10. The van der Waals surface area contributed by atoms with E-state index in [0.717, 1.165) is 11.1 Å². The van der Waals surface area contributed by atoms with Crippen LogP contribution in [0.1, 0.15) is 22.8 Å². The molecule has 0 aliphatic carbocycles. The Morgan fingerprint density at radius 2 is 2.00 bits per heavy atom. The van der Waals surface area contributed by atoms with Crippen molar-refractivity contribution in [3.8, 4) is 0 Å². The summed E-state index contributed by atoms with van der Waals surface area (Å²) in [4.78, 5) is 0. The first-order valence-electron chi connectivity index (χ1n) is 6.30. The maximum Gasteiger partial charge on any atom is 0.142 e. The summed E-state index contributed by atoms with van der Waals surface area (Å²) in [6.07, 6.45) is -0.350. The first kappa shape index (κ1) is 15.0. The van der Waals surface area contributed by atoms with Crippen LogP contribution in [0.3, 0.4) is 0 Å². The van der Waals surface area contributed by atoms with Crippen LogP contribution in [-0.4, -0.2) is 12.2 Å². The Hall–Kier alpha value is -1.42. The van der Waals surface area contributed by atoms with Crippen LogP contribution in [-0.2, 0) is 17.8 Å². The molecule has 20 heavy (non-hydrogen) atoms. The molecule has 0 saturated heterocycles. The molecule has 0 aliphatic rings. The summed E-state index contributed by atoms with van der Waals surface area (Å²) in [6.45, 7) is 0.496. The lowest BCUT2D eigenvalue weighted by molar-refractivity contribution is 0.175. The number of hydrogen-bond donors (Lipinski definition) is 1. The average Bonchev–Trinajstić information content (AvgIpc) is 2.43. The van der Waals surface area contributed by atoms with Crippen LogP contribution >= 0.6 is 11.6 Å². The van der Waals surface area contributed by atoms with Gasteiger partial charge in [-0.25, -0.2) is 4.39 Å². The molecule has 0 radical (unpaired) electrons. The molecular weight excluding hydrogens is 279 g/mol. The van der Waals surface area contributed by atoms with Crippen LogP contribution < -0.4 is 0 Å². The summed E-state index contributed by atoms with van der Waals surface area (Å²) < 4.78 is 18.4. The molecule has 0 aliphatic heterocycles. The lowest BCUT2D eigenvalue weighted by Crippen LogP contribution is -2.03. The van der Waals surface area contributed by atoms with Crippen LogP contribution in [0.5, 0.6) is 0 Å². The third kappa shape index (κ3) is 3.79. The van der Waals surface area contributed by atoms with Gasteiger partial charge in [0.1, 0.15) is 5.82 Å². The molecule has 2 nitrogen and oxygen atoms in total. The van der Waals surface area contributed by atoms with E-state index in [1.807, 2.05) is 24.3 Å². The van der Waals surface area contributed by atoms with E-state index < -0.39 is 11.9 Å². The summed E-state index contributed by atoms with van der Waals surface area (Å²) in [5, 5.41) is 10.3. The first-order valence-corrected chi connectivity index (χ1v) is 6.67. The van der Waals surface area contributed by atoms with Crippen molar-refractivity contribution < 1.29 is 14.2 Å². The van der Waals surface area contributed by atoms with Crippen molar-refractivity contribution >= 4 is 11.6 Å². The topological polar surface area (TPSA) is 29.5 Å². The Morgan fingerprint density at radius 3 is 2.70 bits per heavy atom. The second-order valence-corrected chi connectivity index (χ2v) is 5.05. The standard InChI is InChI=1S/C16H16ClFO2/c1-20-10-12-3-2-4-13(7-12)16(19)9-11-5-6-14(17)15(18)8-11/h2-8,16,19H,9-10H2,1H3. The number of halogens is 2. The maximum atomic E-state index is 13.4. The van der Waals surface area contributed by atoms with Gasteiger partial charge in [0.15, 0.2) is 0 Å². The summed E-state index contributed by atoms with van der Waals surface area (Å²) in [6, 6.07) is 12.1. The van der Waals surface area contributed by atoms with E-state index in [9.17, 15) is 9.50 Å². The van der Waals surface area contributed by atoms with Gasteiger partial charge in [-0.15, -0.1) is 0 Å². The molecule has 106 valence electrons. The van der Waals surface area contributed by atoms with E-state index in [2.05, 4.69) is 0 Å².